The molecule has 0 amide bonds. The first-order valence-electron chi connectivity index (χ1n) is 12.7. The monoisotopic (exact) mass is 504 g/mol. The Kier molecular flexibility index (Phi) is 12.3. The van der Waals surface area contributed by atoms with E-state index >= 15 is 0 Å². The third-order valence-electron chi connectivity index (χ3n) is 6.88. The summed E-state index contributed by atoms with van der Waals surface area (Å²) in [7, 11) is 1.83. The number of carbonyl (C=O) groups is 2. The van der Waals surface area contributed by atoms with Crippen LogP contribution in [0, 0.1) is 11.8 Å². The maximum Gasteiger partial charge on any atom is 0.309 e. The molecule has 1 saturated heterocycles. The molecule has 0 N–H and O–H groups in total. The number of cyclic esters (lactones) is 1. The fourth-order valence-corrected chi connectivity index (χ4v) is 5.23. The summed E-state index contributed by atoms with van der Waals surface area (Å²) in [5, 5.41) is 0. The molecule has 5 atom stereocenters. The lowest BCUT2D eigenvalue weighted by atomic mass is 9.85. The largest absolute Gasteiger partial charge is 0.465 e. The van der Waals surface area contributed by atoms with Gasteiger partial charge in [0.1, 0.15) is 0 Å². The van der Waals surface area contributed by atoms with Gasteiger partial charge in [0.05, 0.1) is 25.0 Å². The molecule has 0 aromatic carbocycles. The summed E-state index contributed by atoms with van der Waals surface area (Å²) < 4.78 is 10.9. The molecule has 2 aliphatic heterocycles. The van der Waals surface area contributed by atoms with Crippen molar-refractivity contribution in [1.29, 1.82) is 0 Å². The highest BCUT2D eigenvalue weighted by molar-refractivity contribution is 6.33. The lowest BCUT2D eigenvalue weighted by Gasteiger charge is -2.34. The van der Waals surface area contributed by atoms with Crippen LogP contribution in [0.1, 0.15) is 97.3 Å². The molecule has 0 spiro atoms. The van der Waals surface area contributed by atoms with Crippen molar-refractivity contribution in [3.63, 3.8) is 0 Å². The van der Waals surface area contributed by atoms with E-state index in [2.05, 4.69) is 11.9 Å². The summed E-state index contributed by atoms with van der Waals surface area (Å²) in [4.78, 5) is 29.6. The predicted octanol–water partition coefficient (Wildman–Crippen LogP) is 6.27. The first-order valence-corrected chi connectivity index (χ1v) is 13.5. The average Bonchev–Trinajstić information content (AvgIpc) is 3.24. The third kappa shape index (κ3) is 8.93. The molecule has 1 fully saturated rings. The minimum Gasteiger partial charge on any atom is -0.465 e. The van der Waals surface area contributed by atoms with Crippen molar-refractivity contribution < 1.29 is 19.1 Å². The van der Waals surface area contributed by atoms with Crippen LogP contribution >= 0.6 is 23.2 Å². The summed E-state index contributed by atoms with van der Waals surface area (Å²) in [6.45, 7) is 4.46. The molecule has 190 valence electrons. The first kappa shape index (κ1) is 28.2. The van der Waals surface area contributed by atoms with E-state index in [1.54, 1.807) is 11.2 Å². The van der Waals surface area contributed by atoms with Gasteiger partial charge in [0, 0.05) is 19.4 Å². The second kappa shape index (κ2) is 14.4. The number of hydrogen-bond donors (Lipinski definition) is 0. The summed E-state index contributed by atoms with van der Waals surface area (Å²) >= 11 is 13.0. The average molecular weight is 506 g/mol. The van der Waals surface area contributed by atoms with Crippen molar-refractivity contribution in [2.75, 3.05) is 13.7 Å². The maximum atomic E-state index is 12.3. The molecule has 3 unspecified atom stereocenters. The molecule has 2 rings (SSSR count). The number of likely N-dealkylation sites (N-methyl/N-ethyl adjacent to an activating group) is 1. The normalized spacial score (nSPS) is 27.7. The van der Waals surface area contributed by atoms with Gasteiger partial charge in [-0.3, -0.25) is 14.6 Å². The van der Waals surface area contributed by atoms with Crippen LogP contribution in [0.5, 0.6) is 0 Å². The van der Waals surface area contributed by atoms with Crippen LogP contribution in [0.2, 0.25) is 0 Å². The number of halogens is 2. The van der Waals surface area contributed by atoms with E-state index in [-0.39, 0.29) is 29.9 Å². The Bertz CT molecular complexity index is 634. The molecular formula is C25H42Cl2N2O4. The topological polar surface area (TPSA) is 68.2 Å². The smallest absolute Gasteiger partial charge is 0.309 e. The molecule has 8 heteroatoms. The van der Waals surface area contributed by atoms with Crippen LogP contribution < -0.4 is 0 Å². The molecule has 33 heavy (non-hydrogen) atoms. The highest BCUT2D eigenvalue weighted by Crippen LogP contribution is 2.42. The summed E-state index contributed by atoms with van der Waals surface area (Å²) in [6, 6.07) is 0. The number of ether oxygens (including phenoxy) is 2. The van der Waals surface area contributed by atoms with Gasteiger partial charge >= 0.3 is 11.9 Å². The Balaban J connectivity index is 1.62. The van der Waals surface area contributed by atoms with Crippen molar-refractivity contribution >= 4 is 41.5 Å². The molecular weight excluding hydrogens is 463 g/mol. The summed E-state index contributed by atoms with van der Waals surface area (Å²) in [6.07, 6.45) is 14.6. The Hall–Kier alpha value is -1.01. The van der Waals surface area contributed by atoms with Crippen molar-refractivity contribution in [1.82, 2.24) is 4.90 Å². The van der Waals surface area contributed by atoms with Crippen LogP contribution in [0.3, 0.4) is 0 Å². The van der Waals surface area contributed by atoms with Gasteiger partial charge in [0.2, 0.25) is 0 Å². The predicted molar refractivity (Wildman–Crippen MR) is 134 cm³/mol. The Morgan fingerprint density at radius 2 is 1.88 bits per heavy atom. The van der Waals surface area contributed by atoms with Crippen LogP contribution in [-0.4, -0.2) is 53.4 Å². The zero-order valence-electron chi connectivity index (χ0n) is 20.6. The second-order valence-corrected chi connectivity index (χ2v) is 10.8. The van der Waals surface area contributed by atoms with Gasteiger partial charge in [-0.15, -0.1) is 0 Å². The molecule has 0 radical (unpaired) electrons. The number of rotatable bonds is 16. The molecule has 0 aromatic rings. The van der Waals surface area contributed by atoms with Crippen molar-refractivity contribution in [3.8, 4) is 0 Å². The Morgan fingerprint density at radius 3 is 2.48 bits per heavy atom. The van der Waals surface area contributed by atoms with Crippen LogP contribution in [-0.2, 0) is 19.1 Å². The molecule has 0 saturated carbocycles. The number of unbranched alkanes of at least 4 members (excludes halogenated alkanes) is 8. The van der Waals surface area contributed by atoms with E-state index < -0.39 is 10.5 Å². The Morgan fingerprint density at radius 1 is 1.24 bits per heavy atom. The van der Waals surface area contributed by atoms with E-state index in [0.29, 0.717) is 32.3 Å². The first-order chi connectivity index (χ1) is 15.8. The summed E-state index contributed by atoms with van der Waals surface area (Å²) in [5.41, 5.74) is -0.568. The van der Waals surface area contributed by atoms with Gasteiger partial charge in [-0.1, -0.05) is 81.5 Å². The van der Waals surface area contributed by atoms with Gasteiger partial charge in [0.15, 0.2) is 10.5 Å². The van der Waals surface area contributed by atoms with E-state index in [9.17, 15) is 9.59 Å². The minimum absolute atomic E-state index is 0.0368. The zero-order chi connectivity index (χ0) is 24.3. The molecule has 0 bridgehead atoms. The van der Waals surface area contributed by atoms with Gasteiger partial charge in [-0.2, -0.15) is 0 Å². The van der Waals surface area contributed by atoms with Gasteiger partial charge < -0.3 is 14.4 Å². The highest BCUT2D eigenvalue weighted by Gasteiger charge is 2.48. The third-order valence-corrected chi connectivity index (χ3v) is 8.10. The van der Waals surface area contributed by atoms with E-state index in [1.165, 1.54) is 44.9 Å². The number of alkyl halides is 2. The van der Waals surface area contributed by atoms with E-state index in [1.807, 2.05) is 14.0 Å². The Labute approximate surface area is 209 Å². The fourth-order valence-electron chi connectivity index (χ4n) is 4.64. The van der Waals surface area contributed by atoms with Crippen molar-refractivity contribution in [2.45, 2.75) is 114 Å². The van der Waals surface area contributed by atoms with Gasteiger partial charge in [-0.05, 0) is 32.6 Å². The standard InChI is InChI=1S/C25H42Cl2N2O4/c1-4-5-6-7-8-9-10-11-12-13-22(30)33-19(2)14-15-21-20(17-32-23(21)31)16-25(27)24(26)28-18-29(25)3/h18-21,24H,4-17H2,1-3H3/t19?,20-,21-,24?,25?/m0/s1. The quantitative estimate of drug-likeness (QED) is 0.107. The SMILES string of the molecule is CCCCCCCCCCCC(=O)OC(C)CC[C@@H]1C(=O)OC[C@@H]1CC1(Cl)C(Cl)N=CN1C. The second-order valence-electron chi connectivity index (χ2n) is 9.69. The minimum atomic E-state index is -0.855. The number of esters is 2. The van der Waals surface area contributed by atoms with Crippen molar-refractivity contribution in [3.05, 3.63) is 0 Å². The molecule has 6 nitrogen and oxygen atoms in total. The lowest BCUT2D eigenvalue weighted by Crippen LogP contribution is -2.45. The van der Waals surface area contributed by atoms with Crippen molar-refractivity contribution in [2.24, 2.45) is 16.8 Å². The van der Waals surface area contributed by atoms with Crippen LogP contribution in [0.4, 0.5) is 0 Å². The van der Waals surface area contributed by atoms with Crippen LogP contribution in [0.25, 0.3) is 0 Å². The van der Waals surface area contributed by atoms with Gasteiger partial charge in [-0.25, -0.2) is 0 Å². The zero-order valence-corrected chi connectivity index (χ0v) is 22.1. The van der Waals surface area contributed by atoms with Crippen LogP contribution in [0.15, 0.2) is 4.99 Å². The molecule has 2 aliphatic rings. The van der Waals surface area contributed by atoms with Gasteiger partial charge in [0.25, 0.3) is 0 Å². The highest BCUT2D eigenvalue weighted by atomic mass is 35.5. The number of nitrogens with zero attached hydrogens (tertiary/aromatic N) is 2. The molecule has 0 aromatic heterocycles. The lowest BCUT2D eigenvalue weighted by molar-refractivity contribution is -0.148. The number of carbonyl (C=O) groups excluding carboxylic acids is 2. The molecule has 0 aliphatic carbocycles. The fraction of sp³-hybridized carbons (Fsp3) is 0.880. The number of hydrogen-bond acceptors (Lipinski definition) is 6. The summed E-state index contributed by atoms with van der Waals surface area (Å²) in [5.74, 6) is -0.658. The van der Waals surface area contributed by atoms with E-state index in [0.717, 1.165) is 12.8 Å². The number of aliphatic imine (C=N–C) groups is 1. The van der Waals surface area contributed by atoms with E-state index in [4.69, 9.17) is 32.7 Å². The maximum absolute atomic E-state index is 12.3. The molecule has 2 heterocycles.